The Balaban J connectivity index is 3.01. The quantitative estimate of drug-likeness (QED) is 0.818. The first kappa shape index (κ1) is 14.4. The second-order valence-electron chi connectivity index (χ2n) is 4.01. The summed E-state index contributed by atoms with van der Waals surface area (Å²) >= 11 is 0. The summed E-state index contributed by atoms with van der Waals surface area (Å²) in [6.07, 6.45) is -4.49. The standard InChI is InChI=1S/C12H14F3NO2/c1-7(2)6-9(16)8-4-3-5-10(11(8)17)18-12(13,14)15/h3-5,9,17H,1,6,16H2,2H3/t9-/m1/s1. The Bertz CT molecular complexity index is 443. The van der Waals surface area contributed by atoms with Crippen molar-refractivity contribution in [1.29, 1.82) is 0 Å². The molecule has 0 unspecified atom stereocenters. The highest BCUT2D eigenvalue weighted by Gasteiger charge is 2.32. The molecule has 0 saturated heterocycles. The predicted octanol–water partition coefficient (Wildman–Crippen LogP) is 3.26. The summed E-state index contributed by atoms with van der Waals surface area (Å²) in [5.74, 6) is -1.25. The molecule has 18 heavy (non-hydrogen) atoms. The van der Waals surface area contributed by atoms with Crippen LogP contribution in [0.25, 0.3) is 0 Å². The molecule has 3 N–H and O–H groups in total. The van der Waals surface area contributed by atoms with E-state index in [-0.39, 0.29) is 5.56 Å². The van der Waals surface area contributed by atoms with E-state index in [2.05, 4.69) is 11.3 Å². The van der Waals surface area contributed by atoms with Crippen LogP contribution in [0.15, 0.2) is 30.4 Å². The molecule has 1 atom stereocenters. The minimum atomic E-state index is -4.85. The van der Waals surface area contributed by atoms with Gasteiger partial charge in [-0.25, -0.2) is 0 Å². The van der Waals surface area contributed by atoms with Gasteiger partial charge in [0.1, 0.15) is 0 Å². The minimum Gasteiger partial charge on any atom is -0.504 e. The maximum atomic E-state index is 12.1. The van der Waals surface area contributed by atoms with E-state index in [1.807, 2.05) is 0 Å². The largest absolute Gasteiger partial charge is 0.573 e. The number of nitrogens with two attached hydrogens (primary N) is 1. The number of alkyl halides is 3. The van der Waals surface area contributed by atoms with Gasteiger partial charge in [-0.1, -0.05) is 17.7 Å². The summed E-state index contributed by atoms with van der Waals surface area (Å²) < 4.78 is 40.0. The second-order valence-corrected chi connectivity index (χ2v) is 4.01. The van der Waals surface area contributed by atoms with Crippen LogP contribution in [0.1, 0.15) is 24.9 Å². The highest BCUT2D eigenvalue weighted by molar-refractivity contribution is 5.47. The summed E-state index contributed by atoms with van der Waals surface area (Å²) in [5.41, 5.74) is 6.73. The molecular weight excluding hydrogens is 247 g/mol. The van der Waals surface area contributed by atoms with E-state index in [0.717, 1.165) is 11.6 Å². The van der Waals surface area contributed by atoms with Gasteiger partial charge in [0, 0.05) is 11.6 Å². The fourth-order valence-corrected chi connectivity index (χ4v) is 1.53. The molecule has 0 aliphatic rings. The van der Waals surface area contributed by atoms with E-state index < -0.39 is 23.9 Å². The molecule has 0 heterocycles. The summed E-state index contributed by atoms with van der Waals surface area (Å²) in [6, 6.07) is 3.19. The van der Waals surface area contributed by atoms with Gasteiger partial charge in [0.25, 0.3) is 0 Å². The molecular formula is C12H14F3NO2. The van der Waals surface area contributed by atoms with E-state index in [4.69, 9.17) is 5.73 Å². The lowest BCUT2D eigenvalue weighted by Gasteiger charge is -2.17. The number of aromatic hydroxyl groups is 1. The van der Waals surface area contributed by atoms with Crippen molar-refractivity contribution < 1.29 is 23.0 Å². The predicted molar refractivity (Wildman–Crippen MR) is 61.1 cm³/mol. The van der Waals surface area contributed by atoms with Gasteiger partial charge in [0.05, 0.1) is 0 Å². The van der Waals surface area contributed by atoms with Gasteiger partial charge in [0.15, 0.2) is 11.5 Å². The zero-order valence-corrected chi connectivity index (χ0v) is 9.79. The van der Waals surface area contributed by atoms with Crippen molar-refractivity contribution in [3.63, 3.8) is 0 Å². The SMILES string of the molecule is C=C(C)C[C@@H](N)c1cccc(OC(F)(F)F)c1O. The lowest BCUT2D eigenvalue weighted by atomic mass is 10.00. The van der Waals surface area contributed by atoms with Crippen molar-refractivity contribution in [3.8, 4) is 11.5 Å². The molecule has 0 spiro atoms. The number of halogens is 3. The average molecular weight is 261 g/mol. The Morgan fingerprint density at radius 3 is 2.61 bits per heavy atom. The molecule has 0 aliphatic heterocycles. The van der Waals surface area contributed by atoms with E-state index in [1.165, 1.54) is 12.1 Å². The van der Waals surface area contributed by atoms with Gasteiger partial charge in [-0.05, 0) is 19.4 Å². The second kappa shape index (κ2) is 5.30. The monoisotopic (exact) mass is 261 g/mol. The van der Waals surface area contributed by atoms with E-state index >= 15 is 0 Å². The van der Waals surface area contributed by atoms with Crippen molar-refractivity contribution in [1.82, 2.24) is 0 Å². The molecule has 0 amide bonds. The molecule has 0 aromatic heterocycles. The van der Waals surface area contributed by atoms with Crippen LogP contribution in [0, 0.1) is 0 Å². The van der Waals surface area contributed by atoms with Crippen LogP contribution in [0.4, 0.5) is 13.2 Å². The van der Waals surface area contributed by atoms with Crippen molar-refractivity contribution >= 4 is 0 Å². The van der Waals surface area contributed by atoms with Crippen LogP contribution in [0.2, 0.25) is 0 Å². The highest BCUT2D eigenvalue weighted by atomic mass is 19.4. The molecule has 1 rings (SSSR count). The lowest BCUT2D eigenvalue weighted by Crippen LogP contribution is -2.18. The van der Waals surface area contributed by atoms with Gasteiger partial charge >= 0.3 is 6.36 Å². The first-order valence-electron chi connectivity index (χ1n) is 5.18. The van der Waals surface area contributed by atoms with Crippen molar-refractivity contribution in [2.75, 3.05) is 0 Å². The molecule has 0 aliphatic carbocycles. The fraction of sp³-hybridized carbons (Fsp3) is 0.333. The van der Waals surface area contributed by atoms with Crippen molar-refractivity contribution in [3.05, 3.63) is 35.9 Å². The molecule has 3 nitrogen and oxygen atoms in total. The van der Waals surface area contributed by atoms with Crippen LogP contribution in [0.3, 0.4) is 0 Å². The molecule has 0 saturated carbocycles. The molecule has 0 bridgehead atoms. The van der Waals surface area contributed by atoms with E-state index in [1.54, 1.807) is 6.92 Å². The molecule has 0 radical (unpaired) electrons. The number of hydrogen-bond donors (Lipinski definition) is 2. The third kappa shape index (κ3) is 3.96. The summed E-state index contributed by atoms with van der Waals surface area (Å²) in [6.45, 7) is 5.40. The maximum absolute atomic E-state index is 12.1. The number of rotatable bonds is 4. The number of ether oxygens (including phenoxy) is 1. The maximum Gasteiger partial charge on any atom is 0.573 e. The normalized spacial score (nSPS) is 13.2. The van der Waals surface area contributed by atoms with Crippen molar-refractivity contribution in [2.24, 2.45) is 5.73 Å². The van der Waals surface area contributed by atoms with Gasteiger partial charge in [0.2, 0.25) is 0 Å². The summed E-state index contributed by atoms with van der Waals surface area (Å²) in [4.78, 5) is 0. The molecule has 0 fully saturated rings. The van der Waals surface area contributed by atoms with E-state index in [9.17, 15) is 18.3 Å². The number of phenols is 1. The Hall–Kier alpha value is -1.69. The van der Waals surface area contributed by atoms with Crippen LogP contribution >= 0.6 is 0 Å². The number of phenolic OH excluding ortho intramolecular Hbond substituents is 1. The summed E-state index contributed by atoms with van der Waals surface area (Å²) in [5, 5.41) is 9.70. The lowest BCUT2D eigenvalue weighted by molar-refractivity contribution is -0.275. The van der Waals surface area contributed by atoms with Gasteiger partial charge in [-0.2, -0.15) is 0 Å². The molecule has 6 heteroatoms. The first-order valence-corrected chi connectivity index (χ1v) is 5.18. The highest BCUT2D eigenvalue weighted by Crippen LogP contribution is 2.37. The third-order valence-corrected chi connectivity index (χ3v) is 2.22. The third-order valence-electron chi connectivity index (χ3n) is 2.22. The molecule has 1 aromatic carbocycles. The van der Waals surface area contributed by atoms with Crippen molar-refractivity contribution in [2.45, 2.75) is 25.7 Å². The van der Waals surface area contributed by atoms with Gasteiger partial charge < -0.3 is 15.6 Å². The molecule has 1 aromatic rings. The Morgan fingerprint density at radius 2 is 2.11 bits per heavy atom. The number of benzene rings is 1. The summed E-state index contributed by atoms with van der Waals surface area (Å²) in [7, 11) is 0. The van der Waals surface area contributed by atoms with E-state index in [0.29, 0.717) is 6.42 Å². The van der Waals surface area contributed by atoms with Crippen LogP contribution < -0.4 is 10.5 Å². The fourth-order valence-electron chi connectivity index (χ4n) is 1.53. The smallest absolute Gasteiger partial charge is 0.504 e. The number of para-hydroxylation sites is 1. The zero-order valence-electron chi connectivity index (χ0n) is 9.79. The van der Waals surface area contributed by atoms with Gasteiger partial charge in [-0.3, -0.25) is 0 Å². The zero-order chi connectivity index (χ0) is 13.9. The van der Waals surface area contributed by atoms with Crippen LogP contribution in [-0.2, 0) is 0 Å². The Kier molecular flexibility index (Phi) is 4.24. The topological polar surface area (TPSA) is 55.5 Å². The van der Waals surface area contributed by atoms with Gasteiger partial charge in [-0.15, -0.1) is 19.8 Å². The van der Waals surface area contributed by atoms with Crippen LogP contribution in [0.5, 0.6) is 11.5 Å². The Labute approximate surface area is 103 Å². The minimum absolute atomic E-state index is 0.194. The first-order chi connectivity index (χ1) is 8.20. The average Bonchev–Trinajstić information content (AvgIpc) is 2.18. The number of hydrogen-bond acceptors (Lipinski definition) is 3. The van der Waals surface area contributed by atoms with Crippen LogP contribution in [-0.4, -0.2) is 11.5 Å². The Morgan fingerprint density at radius 1 is 1.50 bits per heavy atom. The molecule has 100 valence electrons.